The first kappa shape index (κ1) is 17.2. The lowest BCUT2D eigenvalue weighted by atomic mass is 9.83. The molecule has 6 heteroatoms. The summed E-state index contributed by atoms with van der Waals surface area (Å²) in [5, 5.41) is 2.69. The fourth-order valence-electron chi connectivity index (χ4n) is 3.44. The van der Waals surface area contributed by atoms with Gasteiger partial charge in [0.05, 0.1) is 5.41 Å². The lowest BCUT2D eigenvalue weighted by Crippen LogP contribution is -2.50. The summed E-state index contributed by atoms with van der Waals surface area (Å²) < 4.78 is 0. The number of amides is 2. The Balaban J connectivity index is 0.00000200. The van der Waals surface area contributed by atoms with Gasteiger partial charge in [0.1, 0.15) is 0 Å². The molecule has 3 N–H and O–H groups in total. The molecule has 0 aromatic carbocycles. The second-order valence-corrected chi connectivity index (χ2v) is 5.87. The first-order valence-corrected chi connectivity index (χ1v) is 7.34. The number of likely N-dealkylation sites (tertiary alicyclic amines) is 1. The van der Waals surface area contributed by atoms with E-state index in [0.717, 1.165) is 38.5 Å². The third-order valence-corrected chi connectivity index (χ3v) is 4.80. The summed E-state index contributed by atoms with van der Waals surface area (Å²) >= 11 is 0. The van der Waals surface area contributed by atoms with Gasteiger partial charge in [-0.05, 0) is 25.7 Å². The molecule has 0 spiro atoms. The van der Waals surface area contributed by atoms with Crippen LogP contribution >= 0.6 is 12.4 Å². The molecule has 2 amide bonds. The van der Waals surface area contributed by atoms with Crippen molar-refractivity contribution in [1.29, 1.82) is 0 Å². The van der Waals surface area contributed by atoms with Crippen LogP contribution in [-0.4, -0.2) is 43.4 Å². The van der Waals surface area contributed by atoms with Gasteiger partial charge < -0.3 is 16.0 Å². The zero-order valence-electron chi connectivity index (χ0n) is 12.2. The highest BCUT2D eigenvalue weighted by molar-refractivity contribution is 5.85. The van der Waals surface area contributed by atoms with E-state index in [1.807, 2.05) is 4.90 Å². The largest absolute Gasteiger partial charge is 0.359 e. The predicted octanol–water partition coefficient (Wildman–Crippen LogP) is 0.912. The molecular formula is C14H26ClN3O2. The van der Waals surface area contributed by atoms with Gasteiger partial charge in [0.15, 0.2) is 0 Å². The van der Waals surface area contributed by atoms with Gasteiger partial charge >= 0.3 is 0 Å². The highest BCUT2D eigenvalue weighted by Crippen LogP contribution is 2.39. The van der Waals surface area contributed by atoms with Crippen LogP contribution in [0.4, 0.5) is 0 Å². The summed E-state index contributed by atoms with van der Waals surface area (Å²) in [7, 11) is 1.67. The Hall–Kier alpha value is -0.810. The van der Waals surface area contributed by atoms with Crippen molar-refractivity contribution in [3.8, 4) is 0 Å². The van der Waals surface area contributed by atoms with Crippen LogP contribution in [-0.2, 0) is 9.59 Å². The van der Waals surface area contributed by atoms with Crippen molar-refractivity contribution in [3.05, 3.63) is 0 Å². The van der Waals surface area contributed by atoms with Crippen molar-refractivity contribution < 1.29 is 9.59 Å². The van der Waals surface area contributed by atoms with Crippen molar-refractivity contribution in [2.24, 2.45) is 17.1 Å². The molecule has 2 fully saturated rings. The van der Waals surface area contributed by atoms with Crippen molar-refractivity contribution in [2.45, 2.75) is 38.5 Å². The molecule has 1 aliphatic carbocycles. The van der Waals surface area contributed by atoms with Crippen molar-refractivity contribution in [2.75, 3.05) is 26.7 Å². The van der Waals surface area contributed by atoms with E-state index in [-0.39, 0.29) is 35.6 Å². The Morgan fingerprint density at radius 3 is 2.25 bits per heavy atom. The summed E-state index contributed by atoms with van der Waals surface area (Å²) in [6.07, 6.45) is 5.61. The van der Waals surface area contributed by atoms with E-state index in [4.69, 9.17) is 5.73 Å². The molecule has 20 heavy (non-hydrogen) atoms. The van der Waals surface area contributed by atoms with Crippen LogP contribution < -0.4 is 11.1 Å². The minimum absolute atomic E-state index is 0. The number of hydrogen-bond acceptors (Lipinski definition) is 3. The first-order chi connectivity index (χ1) is 9.13. The standard InChI is InChI=1S/C14H25N3O2.ClH/c1-16-12(18)11-4-8-17(9-5-11)13(19)14(10-15)6-2-3-7-14;/h11H,2-10,15H2,1H3,(H,16,18);1H. The number of carbonyl (C=O) groups is 2. The van der Waals surface area contributed by atoms with Gasteiger partial charge in [-0.25, -0.2) is 0 Å². The van der Waals surface area contributed by atoms with Gasteiger partial charge in [0.2, 0.25) is 11.8 Å². The van der Waals surface area contributed by atoms with Gasteiger partial charge in [-0.3, -0.25) is 9.59 Å². The van der Waals surface area contributed by atoms with Crippen molar-refractivity contribution in [3.63, 3.8) is 0 Å². The van der Waals surface area contributed by atoms with Crippen LogP contribution in [0.2, 0.25) is 0 Å². The van der Waals surface area contributed by atoms with Gasteiger partial charge in [0, 0.05) is 32.6 Å². The molecule has 1 saturated carbocycles. The van der Waals surface area contributed by atoms with Gasteiger partial charge in [0.25, 0.3) is 0 Å². The molecule has 1 heterocycles. The van der Waals surface area contributed by atoms with E-state index < -0.39 is 0 Å². The third-order valence-electron chi connectivity index (χ3n) is 4.80. The Morgan fingerprint density at radius 2 is 1.80 bits per heavy atom. The maximum atomic E-state index is 12.6. The smallest absolute Gasteiger partial charge is 0.230 e. The van der Waals surface area contributed by atoms with Gasteiger partial charge in [-0.15, -0.1) is 12.4 Å². The number of hydrogen-bond donors (Lipinski definition) is 2. The Bertz CT molecular complexity index is 348. The van der Waals surface area contributed by atoms with Crippen LogP contribution in [0.3, 0.4) is 0 Å². The summed E-state index contributed by atoms with van der Waals surface area (Å²) in [5.74, 6) is 0.385. The minimum Gasteiger partial charge on any atom is -0.359 e. The van der Waals surface area contributed by atoms with Gasteiger partial charge in [-0.2, -0.15) is 0 Å². The maximum absolute atomic E-state index is 12.6. The molecule has 116 valence electrons. The first-order valence-electron chi connectivity index (χ1n) is 7.34. The van der Waals surface area contributed by atoms with Crippen LogP contribution in [0, 0.1) is 11.3 Å². The van der Waals surface area contributed by atoms with Crippen molar-refractivity contribution >= 4 is 24.2 Å². The number of carbonyl (C=O) groups excluding carboxylic acids is 2. The van der Waals surface area contributed by atoms with E-state index in [9.17, 15) is 9.59 Å². The summed E-state index contributed by atoms with van der Waals surface area (Å²) in [4.78, 5) is 26.2. The molecule has 2 rings (SSSR count). The average Bonchev–Trinajstić information content (AvgIpc) is 2.96. The zero-order valence-corrected chi connectivity index (χ0v) is 13.0. The monoisotopic (exact) mass is 303 g/mol. The van der Waals surface area contributed by atoms with Crippen LogP contribution in [0.1, 0.15) is 38.5 Å². The SMILES string of the molecule is CNC(=O)C1CCN(C(=O)C2(CN)CCCC2)CC1.Cl. The quantitative estimate of drug-likeness (QED) is 0.814. The van der Waals surface area contributed by atoms with E-state index in [1.54, 1.807) is 7.05 Å². The summed E-state index contributed by atoms with van der Waals surface area (Å²) in [5.41, 5.74) is 5.56. The molecule has 2 aliphatic rings. The molecule has 5 nitrogen and oxygen atoms in total. The highest BCUT2D eigenvalue weighted by Gasteiger charge is 2.43. The maximum Gasteiger partial charge on any atom is 0.230 e. The highest BCUT2D eigenvalue weighted by atomic mass is 35.5. The van der Waals surface area contributed by atoms with Crippen LogP contribution in [0.5, 0.6) is 0 Å². The molecule has 1 saturated heterocycles. The number of halogens is 1. The molecule has 0 aromatic heterocycles. The minimum atomic E-state index is -0.306. The predicted molar refractivity (Wildman–Crippen MR) is 80.6 cm³/mol. The Kier molecular flexibility index (Phi) is 6.27. The van der Waals surface area contributed by atoms with Crippen LogP contribution in [0.25, 0.3) is 0 Å². The number of piperidine rings is 1. The van der Waals surface area contributed by atoms with E-state index >= 15 is 0 Å². The number of nitrogens with two attached hydrogens (primary N) is 1. The topological polar surface area (TPSA) is 75.4 Å². The lowest BCUT2D eigenvalue weighted by molar-refractivity contribution is -0.144. The molecule has 0 aromatic rings. The van der Waals surface area contributed by atoms with Gasteiger partial charge in [-0.1, -0.05) is 12.8 Å². The molecule has 1 aliphatic heterocycles. The number of nitrogens with zero attached hydrogens (tertiary/aromatic N) is 1. The lowest BCUT2D eigenvalue weighted by Gasteiger charge is -2.37. The Morgan fingerprint density at radius 1 is 1.25 bits per heavy atom. The van der Waals surface area contributed by atoms with E-state index in [2.05, 4.69) is 5.32 Å². The average molecular weight is 304 g/mol. The molecular weight excluding hydrogens is 278 g/mol. The normalized spacial score (nSPS) is 22.2. The molecule has 0 bridgehead atoms. The zero-order chi connectivity index (χ0) is 13.9. The third kappa shape index (κ3) is 3.26. The van der Waals surface area contributed by atoms with Crippen molar-refractivity contribution in [1.82, 2.24) is 10.2 Å². The second-order valence-electron chi connectivity index (χ2n) is 5.87. The van der Waals surface area contributed by atoms with E-state index in [0.29, 0.717) is 19.6 Å². The fraction of sp³-hybridized carbons (Fsp3) is 0.857. The molecule has 0 radical (unpaired) electrons. The molecule has 0 unspecified atom stereocenters. The summed E-state index contributed by atoms with van der Waals surface area (Å²) in [6.45, 7) is 1.85. The summed E-state index contributed by atoms with van der Waals surface area (Å²) in [6, 6.07) is 0. The number of rotatable bonds is 3. The van der Waals surface area contributed by atoms with Crippen LogP contribution in [0.15, 0.2) is 0 Å². The fourth-order valence-corrected chi connectivity index (χ4v) is 3.44. The molecule has 0 atom stereocenters. The van der Waals surface area contributed by atoms with E-state index in [1.165, 1.54) is 0 Å². The Labute approximate surface area is 127 Å². The second kappa shape index (κ2) is 7.27. The number of nitrogens with one attached hydrogen (secondary N) is 1.